The number of nitrogens with zero attached hydrogens (tertiary/aromatic N) is 9. The maximum Gasteiger partial charge on any atom is 0.280 e. The second kappa shape index (κ2) is 5.80. The Morgan fingerprint density at radius 1 is 0.759 bits per heavy atom. The van der Waals surface area contributed by atoms with Crippen molar-refractivity contribution in [2.45, 2.75) is 0 Å². The van der Waals surface area contributed by atoms with Crippen molar-refractivity contribution in [3.63, 3.8) is 0 Å². The van der Waals surface area contributed by atoms with E-state index in [1.165, 1.54) is 21.8 Å². The van der Waals surface area contributed by atoms with Crippen molar-refractivity contribution in [1.82, 2.24) is 54.0 Å². The molecular weight excluding hydrogens is 406 g/mol. The number of H-pyrrole nitrogens is 2. The highest BCUT2D eigenvalue weighted by atomic mass is 35.5. The standard InChI is InChI=1S/C13H8ClN13O2/c14-9-23-12(26-1-17-3-5(26)19-10(15)21-7(3)28)25-13(24-9)27-2-18-4-6(27)20-11(16)22-8(4)29/h1-2H,(H3,15,19,21,28)(H3,16,20,22,29). The van der Waals surface area contributed by atoms with Gasteiger partial charge in [-0.2, -0.15) is 24.9 Å². The Morgan fingerprint density at radius 2 is 1.21 bits per heavy atom. The fourth-order valence-electron chi connectivity index (χ4n) is 2.69. The van der Waals surface area contributed by atoms with Gasteiger partial charge in [0.05, 0.1) is 0 Å². The first-order chi connectivity index (χ1) is 13.9. The van der Waals surface area contributed by atoms with E-state index in [-0.39, 0.29) is 51.4 Å². The van der Waals surface area contributed by atoms with Crippen LogP contribution in [0.3, 0.4) is 0 Å². The molecule has 0 fully saturated rings. The SMILES string of the molecule is Nc1nc2c(ncn2-c2nc(Cl)nc(-n3cnc4c(=O)[nH]c(N)nc43)n2)c(=O)[nH]1. The zero-order valence-electron chi connectivity index (χ0n) is 14.0. The molecule has 0 unspecified atom stereocenters. The summed E-state index contributed by atoms with van der Waals surface area (Å²) in [5, 5.41) is -0.177. The molecule has 5 heterocycles. The van der Waals surface area contributed by atoms with Crippen LogP contribution in [0.15, 0.2) is 22.2 Å². The molecule has 5 rings (SSSR count). The van der Waals surface area contributed by atoms with E-state index >= 15 is 0 Å². The molecule has 29 heavy (non-hydrogen) atoms. The highest BCUT2D eigenvalue weighted by molar-refractivity contribution is 6.28. The minimum absolute atomic E-state index is 0.000312. The van der Waals surface area contributed by atoms with Crippen LogP contribution >= 0.6 is 11.6 Å². The number of aromatic nitrogens is 11. The fourth-order valence-corrected chi connectivity index (χ4v) is 2.84. The summed E-state index contributed by atoms with van der Waals surface area (Å²) >= 11 is 6.06. The zero-order chi connectivity index (χ0) is 20.3. The quantitative estimate of drug-likeness (QED) is 0.261. The Kier molecular flexibility index (Phi) is 3.35. The Morgan fingerprint density at radius 3 is 1.66 bits per heavy atom. The van der Waals surface area contributed by atoms with E-state index in [0.29, 0.717) is 0 Å². The molecule has 0 aliphatic rings. The van der Waals surface area contributed by atoms with Crippen LogP contribution in [0.1, 0.15) is 0 Å². The first-order valence-electron chi connectivity index (χ1n) is 7.79. The van der Waals surface area contributed by atoms with Crippen LogP contribution in [0, 0.1) is 0 Å². The monoisotopic (exact) mass is 413 g/mol. The molecular formula is C13H8ClN13O2. The maximum absolute atomic E-state index is 12.0. The highest BCUT2D eigenvalue weighted by Crippen LogP contribution is 2.16. The van der Waals surface area contributed by atoms with Crippen molar-refractivity contribution in [2.75, 3.05) is 11.5 Å². The van der Waals surface area contributed by atoms with E-state index in [1.807, 2.05) is 0 Å². The van der Waals surface area contributed by atoms with Crippen molar-refractivity contribution in [2.24, 2.45) is 0 Å². The van der Waals surface area contributed by atoms with E-state index < -0.39 is 11.1 Å². The third-order valence-electron chi connectivity index (χ3n) is 3.87. The van der Waals surface area contributed by atoms with Crippen molar-refractivity contribution < 1.29 is 0 Å². The van der Waals surface area contributed by atoms with Gasteiger partial charge in [0, 0.05) is 0 Å². The molecule has 0 saturated heterocycles. The normalized spacial score (nSPS) is 11.5. The number of nitrogens with one attached hydrogen (secondary N) is 2. The molecule has 0 radical (unpaired) electrons. The average Bonchev–Trinajstić information content (AvgIpc) is 3.25. The molecule has 0 amide bonds. The predicted molar refractivity (Wildman–Crippen MR) is 99.7 cm³/mol. The smallest absolute Gasteiger partial charge is 0.280 e. The number of fused-ring (bicyclic) bond motifs is 2. The van der Waals surface area contributed by atoms with Crippen LogP contribution in [0.25, 0.3) is 34.2 Å². The van der Waals surface area contributed by atoms with Gasteiger partial charge >= 0.3 is 0 Å². The number of hydrogen-bond donors (Lipinski definition) is 4. The van der Waals surface area contributed by atoms with Crippen molar-refractivity contribution in [1.29, 1.82) is 0 Å². The highest BCUT2D eigenvalue weighted by Gasteiger charge is 2.17. The van der Waals surface area contributed by atoms with Crippen LogP contribution in [-0.4, -0.2) is 54.0 Å². The first kappa shape index (κ1) is 16.8. The Labute approximate surface area is 162 Å². The van der Waals surface area contributed by atoms with E-state index in [4.69, 9.17) is 23.1 Å². The molecule has 15 nitrogen and oxygen atoms in total. The number of halogens is 1. The van der Waals surface area contributed by atoms with Gasteiger partial charge < -0.3 is 11.5 Å². The number of nitrogen functional groups attached to an aromatic ring is 2. The lowest BCUT2D eigenvalue weighted by molar-refractivity contribution is 0.848. The summed E-state index contributed by atoms with van der Waals surface area (Å²) in [7, 11) is 0. The van der Waals surface area contributed by atoms with Crippen LogP contribution in [0.5, 0.6) is 0 Å². The summed E-state index contributed by atoms with van der Waals surface area (Å²) in [5.41, 5.74) is 10.5. The van der Waals surface area contributed by atoms with Gasteiger partial charge in [0.25, 0.3) is 11.1 Å². The predicted octanol–water partition coefficient (Wildman–Crippen LogP) is -1.47. The lowest BCUT2D eigenvalue weighted by Gasteiger charge is -2.06. The van der Waals surface area contributed by atoms with E-state index in [1.54, 1.807) is 0 Å². The summed E-state index contributed by atoms with van der Waals surface area (Å²) in [4.78, 5) is 57.1. The summed E-state index contributed by atoms with van der Waals surface area (Å²) < 4.78 is 2.62. The maximum atomic E-state index is 12.0. The van der Waals surface area contributed by atoms with Gasteiger partial charge in [-0.3, -0.25) is 28.7 Å². The molecule has 0 aliphatic carbocycles. The number of aromatic amines is 2. The summed E-state index contributed by atoms with van der Waals surface area (Å²) in [6.45, 7) is 0. The summed E-state index contributed by atoms with van der Waals surface area (Å²) in [5.74, 6) is -0.215. The van der Waals surface area contributed by atoms with Gasteiger partial charge in [0.1, 0.15) is 12.7 Å². The average molecular weight is 414 g/mol. The van der Waals surface area contributed by atoms with Gasteiger partial charge in [-0.05, 0) is 11.6 Å². The molecule has 144 valence electrons. The van der Waals surface area contributed by atoms with E-state index in [2.05, 4.69) is 44.9 Å². The zero-order valence-corrected chi connectivity index (χ0v) is 14.8. The number of hydrogen-bond acceptors (Lipinski definition) is 11. The molecule has 0 bridgehead atoms. The lowest BCUT2D eigenvalue weighted by Crippen LogP contribution is -2.14. The molecule has 5 aromatic heterocycles. The van der Waals surface area contributed by atoms with Crippen molar-refractivity contribution in [3.05, 3.63) is 38.6 Å². The van der Waals surface area contributed by atoms with Gasteiger partial charge in [-0.15, -0.1) is 0 Å². The van der Waals surface area contributed by atoms with E-state index in [9.17, 15) is 9.59 Å². The first-order valence-corrected chi connectivity index (χ1v) is 8.16. The largest absolute Gasteiger partial charge is 0.369 e. The third kappa shape index (κ3) is 2.56. The van der Waals surface area contributed by atoms with Gasteiger partial charge in [0.2, 0.25) is 29.1 Å². The molecule has 0 saturated carbocycles. The van der Waals surface area contributed by atoms with Crippen LogP contribution in [0.4, 0.5) is 11.9 Å². The molecule has 6 N–H and O–H groups in total. The molecule has 0 aromatic carbocycles. The van der Waals surface area contributed by atoms with Gasteiger partial charge in [-0.1, -0.05) is 0 Å². The second-order valence-electron chi connectivity index (χ2n) is 5.68. The van der Waals surface area contributed by atoms with Crippen LogP contribution in [-0.2, 0) is 0 Å². The topological polar surface area (TPSA) is 218 Å². The van der Waals surface area contributed by atoms with E-state index in [0.717, 1.165) is 0 Å². The number of nitrogens with two attached hydrogens (primary N) is 2. The summed E-state index contributed by atoms with van der Waals surface area (Å²) in [6, 6.07) is 0. The van der Waals surface area contributed by atoms with Crippen molar-refractivity contribution in [3.8, 4) is 11.9 Å². The molecule has 16 heteroatoms. The molecule has 0 aliphatic heterocycles. The fraction of sp³-hybridized carbons (Fsp3) is 0. The Balaban J connectivity index is 1.76. The Hall–Kier alpha value is -4.40. The molecule has 0 spiro atoms. The third-order valence-corrected chi connectivity index (χ3v) is 4.04. The second-order valence-corrected chi connectivity index (χ2v) is 6.02. The van der Waals surface area contributed by atoms with Crippen LogP contribution < -0.4 is 22.6 Å². The van der Waals surface area contributed by atoms with Gasteiger partial charge in [0.15, 0.2) is 22.3 Å². The minimum atomic E-state index is -0.522. The van der Waals surface area contributed by atoms with Gasteiger partial charge in [-0.25, -0.2) is 9.97 Å². The molecule has 5 aromatic rings. The van der Waals surface area contributed by atoms with Crippen molar-refractivity contribution >= 4 is 45.8 Å². The number of anilines is 2. The Bertz CT molecular complexity index is 1430. The number of rotatable bonds is 2. The number of imidazole rings is 2. The summed E-state index contributed by atoms with van der Waals surface area (Å²) in [6.07, 6.45) is 2.57. The van der Waals surface area contributed by atoms with Crippen LogP contribution in [0.2, 0.25) is 5.28 Å². The lowest BCUT2D eigenvalue weighted by atomic mass is 10.5. The molecule has 0 atom stereocenters. The minimum Gasteiger partial charge on any atom is -0.369 e.